The summed E-state index contributed by atoms with van der Waals surface area (Å²) in [5.41, 5.74) is 2.78. The fourth-order valence-electron chi connectivity index (χ4n) is 3.98. The number of carbonyl (C=O) groups is 3. The zero-order valence-electron chi connectivity index (χ0n) is 22.6. The highest BCUT2D eigenvalue weighted by Crippen LogP contribution is 2.36. The molecule has 0 saturated heterocycles. The van der Waals surface area contributed by atoms with Gasteiger partial charge >= 0.3 is 11.9 Å². The van der Waals surface area contributed by atoms with E-state index in [0.717, 1.165) is 5.56 Å². The molecule has 0 fully saturated rings. The molecule has 0 aliphatic rings. The molecule has 0 unspecified atom stereocenters. The third-order valence-electron chi connectivity index (χ3n) is 5.87. The van der Waals surface area contributed by atoms with E-state index in [2.05, 4.69) is 10.4 Å². The number of rotatable bonds is 10. The molecule has 0 spiro atoms. The second-order valence-corrected chi connectivity index (χ2v) is 8.60. The number of aromatic nitrogens is 2. The van der Waals surface area contributed by atoms with E-state index in [1.807, 2.05) is 37.3 Å². The number of amides is 1. The summed E-state index contributed by atoms with van der Waals surface area (Å²) in [5.74, 6) is -1.21. The van der Waals surface area contributed by atoms with Gasteiger partial charge in [0.2, 0.25) is 0 Å². The maximum atomic E-state index is 12.9. The van der Waals surface area contributed by atoms with Crippen LogP contribution in [-0.4, -0.2) is 55.1 Å². The molecule has 4 aromatic rings. The predicted molar refractivity (Wildman–Crippen MR) is 148 cm³/mol. The first-order chi connectivity index (χ1) is 19.4. The number of benzene rings is 3. The van der Waals surface area contributed by atoms with Crippen LogP contribution in [0, 0.1) is 6.92 Å². The standard InChI is InChI=1S/C30H29N3O7/c1-5-39-24-17-20(13-16-23(24)40-18-25(34)31-21-14-11-19(2)12-15-21)27-26(29(35)37-3)28(30(36)38-4)33(32-27)22-9-7-6-8-10-22/h6-17H,5,18H2,1-4H3,(H,31,34). The van der Waals surface area contributed by atoms with Crippen LogP contribution in [0.4, 0.5) is 5.69 Å². The van der Waals surface area contributed by atoms with Crippen molar-refractivity contribution in [1.29, 1.82) is 0 Å². The van der Waals surface area contributed by atoms with Crippen molar-refractivity contribution in [1.82, 2.24) is 9.78 Å². The highest BCUT2D eigenvalue weighted by Gasteiger charge is 2.31. The number of para-hydroxylation sites is 1. The van der Waals surface area contributed by atoms with Gasteiger partial charge in [0, 0.05) is 11.3 Å². The molecular weight excluding hydrogens is 514 g/mol. The van der Waals surface area contributed by atoms with Crippen LogP contribution >= 0.6 is 0 Å². The van der Waals surface area contributed by atoms with E-state index in [1.165, 1.54) is 18.9 Å². The van der Waals surface area contributed by atoms with Gasteiger partial charge < -0.3 is 24.3 Å². The van der Waals surface area contributed by atoms with Gasteiger partial charge in [0.25, 0.3) is 5.91 Å². The molecule has 1 N–H and O–H groups in total. The molecule has 3 aromatic carbocycles. The van der Waals surface area contributed by atoms with Crippen molar-refractivity contribution in [2.45, 2.75) is 13.8 Å². The Morgan fingerprint density at radius 2 is 1.55 bits per heavy atom. The lowest BCUT2D eigenvalue weighted by Gasteiger charge is -2.13. The fraction of sp³-hybridized carbons (Fsp3) is 0.200. The first kappa shape index (κ1) is 27.9. The Bertz CT molecular complexity index is 1510. The summed E-state index contributed by atoms with van der Waals surface area (Å²) in [6.07, 6.45) is 0. The summed E-state index contributed by atoms with van der Waals surface area (Å²) in [6, 6.07) is 21.2. The molecular formula is C30H29N3O7. The number of hydrogen-bond donors (Lipinski definition) is 1. The SMILES string of the molecule is CCOc1cc(-c2nn(-c3ccccc3)c(C(=O)OC)c2C(=O)OC)ccc1OCC(=O)Nc1ccc(C)cc1. The molecule has 0 aliphatic carbocycles. The van der Waals surface area contributed by atoms with Crippen molar-refractivity contribution < 1.29 is 33.3 Å². The Morgan fingerprint density at radius 1 is 0.850 bits per heavy atom. The lowest BCUT2D eigenvalue weighted by molar-refractivity contribution is -0.118. The van der Waals surface area contributed by atoms with Crippen LogP contribution in [0.15, 0.2) is 72.8 Å². The number of nitrogens with one attached hydrogen (secondary N) is 1. The lowest BCUT2D eigenvalue weighted by Crippen LogP contribution is -2.20. The van der Waals surface area contributed by atoms with Gasteiger partial charge in [-0.05, 0) is 56.3 Å². The van der Waals surface area contributed by atoms with Crippen LogP contribution in [0.1, 0.15) is 33.3 Å². The molecule has 10 heteroatoms. The van der Waals surface area contributed by atoms with Gasteiger partial charge in [-0.3, -0.25) is 4.79 Å². The Labute approximate surface area is 231 Å². The van der Waals surface area contributed by atoms with E-state index >= 15 is 0 Å². The van der Waals surface area contributed by atoms with Crippen LogP contribution in [0.25, 0.3) is 16.9 Å². The van der Waals surface area contributed by atoms with Crippen molar-refractivity contribution in [2.24, 2.45) is 0 Å². The molecule has 40 heavy (non-hydrogen) atoms. The second-order valence-electron chi connectivity index (χ2n) is 8.60. The number of esters is 2. The number of methoxy groups -OCH3 is 2. The minimum atomic E-state index is -0.761. The van der Waals surface area contributed by atoms with E-state index in [0.29, 0.717) is 35.0 Å². The first-order valence-electron chi connectivity index (χ1n) is 12.5. The summed E-state index contributed by atoms with van der Waals surface area (Å²) in [4.78, 5) is 38.2. The van der Waals surface area contributed by atoms with Gasteiger partial charge in [0.05, 0.1) is 26.5 Å². The first-order valence-corrected chi connectivity index (χ1v) is 12.5. The summed E-state index contributed by atoms with van der Waals surface area (Å²) >= 11 is 0. The number of hydrogen-bond acceptors (Lipinski definition) is 8. The molecule has 0 atom stereocenters. The van der Waals surface area contributed by atoms with Gasteiger partial charge in [0.15, 0.2) is 23.8 Å². The lowest BCUT2D eigenvalue weighted by atomic mass is 10.0. The fourth-order valence-corrected chi connectivity index (χ4v) is 3.98. The van der Waals surface area contributed by atoms with E-state index in [9.17, 15) is 14.4 Å². The van der Waals surface area contributed by atoms with Gasteiger partial charge in [-0.25, -0.2) is 14.3 Å². The maximum Gasteiger partial charge on any atom is 0.357 e. The van der Waals surface area contributed by atoms with Gasteiger partial charge in [-0.1, -0.05) is 35.9 Å². The minimum absolute atomic E-state index is 0.0632. The second kappa shape index (κ2) is 12.6. The molecule has 1 heterocycles. The average molecular weight is 544 g/mol. The van der Waals surface area contributed by atoms with Crippen molar-refractivity contribution in [3.8, 4) is 28.4 Å². The molecule has 4 rings (SSSR count). The molecule has 0 radical (unpaired) electrons. The van der Waals surface area contributed by atoms with Gasteiger partial charge in [0.1, 0.15) is 11.3 Å². The third kappa shape index (κ3) is 6.12. The molecule has 206 valence electrons. The normalized spacial score (nSPS) is 10.5. The van der Waals surface area contributed by atoms with E-state index in [-0.39, 0.29) is 29.5 Å². The maximum absolute atomic E-state index is 12.9. The van der Waals surface area contributed by atoms with E-state index in [4.69, 9.17) is 18.9 Å². The Morgan fingerprint density at radius 3 is 2.20 bits per heavy atom. The number of ether oxygens (including phenoxy) is 4. The molecule has 1 aromatic heterocycles. The number of carbonyl (C=O) groups excluding carboxylic acids is 3. The van der Waals surface area contributed by atoms with Crippen LogP contribution in [0.2, 0.25) is 0 Å². The quantitative estimate of drug-likeness (QED) is 0.283. The predicted octanol–water partition coefficient (Wildman–Crippen LogP) is 4.84. The van der Waals surface area contributed by atoms with E-state index < -0.39 is 11.9 Å². The molecule has 1 amide bonds. The Hall–Kier alpha value is -5.12. The molecule has 0 bridgehead atoms. The largest absolute Gasteiger partial charge is 0.490 e. The smallest absolute Gasteiger partial charge is 0.357 e. The summed E-state index contributed by atoms with van der Waals surface area (Å²) < 4.78 is 22.9. The summed E-state index contributed by atoms with van der Waals surface area (Å²) in [7, 11) is 2.44. The zero-order chi connectivity index (χ0) is 28.6. The third-order valence-corrected chi connectivity index (χ3v) is 5.87. The highest BCUT2D eigenvalue weighted by molar-refractivity contribution is 6.07. The van der Waals surface area contributed by atoms with Crippen LogP contribution in [0.5, 0.6) is 11.5 Å². The highest BCUT2D eigenvalue weighted by atomic mass is 16.5. The monoisotopic (exact) mass is 543 g/mol. The van der Waals surface area contributed by atoms with Gasteiger partial charge in [-0.15, -0.1) is 0 Å². The van der Waals surface area contributed by atoms with Crippen LogP contribution < -0.4 is 14.8 Å². The Balaban J connectivity index is 1.70. The van der Waals surface area contributed by atoms with Crippen LogP contribution in [-0.2, 0) is 14.3 Å². The van der Waals surface area contributed by atoms with Crippen LogP contribution in [0.3, 0.4) is 0 Å². The van der Waals surface area contributed by atoms with Crippen molar-refractivity contribution in [2.75, 3.05) is 32.8 Å². The molecule has 0 aliphatic heterocycles. The average Bonchev–Trinajstić information content (AvgIpc) is 3.38. The van der Waals surface area contributed by atoms with Crippen molar-refractivity contribution in [3.05, 3.63) is 89.6 Å². The molecule has 10 nitrogen and oxygen atoms in total. The summed E-state index contributed by atoms with van der Waals surface area (Å²) in [5, 5.41) is 7.38. The van der Waals surface area contributed by atoms with Crippen molar-refractivity contribution >= 4 is 23.5 Å². The van der Waals surface area contributed by atoms with Gasteiger partial charge in [-0.2, -0.15) is 5.10 Å². The Kier molecular flexibility index (Phi) is 8.80. The zero-order valence-corrected chi connectivity index (χ0v) is 22.6. The van der Waals surface area contributed by atoms with E-state index in [1.54, 1.807) is 49.4 Å². The van der Waals surface area contributed by atoms with Crippen molar-refractivity contribution in [3.63, 3.8) is 0 Å². The summed E-state index contributed by atoms with van der Waals surface area (Å²) in [6.45, 7) is 3.82. The topological polar surface area (TPSA) is 118 Å². The number of nitrogens with zero attached hydrogens (tertiary/aromatic N) is 2. The minimum Gasteiger partial charge on any atom is -0.490 e. The number of anilines is 1. The number of aryl methyl sites for hydroxylation is 1. The molecule has 0 saturated carbocycles.